The van der Waals surface area contributed by atoms with Crippen LogP contribution >= 0.6 is 22.9 Å². The summed E-state index contributed by atoms with van der Waals surface area (Å²) in [5.74, 6) is 0.690. The maximum absolute atomic E-state index is 12.7. The molecule has 0 aliphatic heterocycles. The van der Waals surface area contributed by atoms with Crippen molar-refractivity contribution in [3.8, 4) is 0 Å². The van der Waals surface area contributed by atoms with E-state index in [1.165, 1.54) is 11.3 Å². The molecular weight excluding hydrogens is 392 g/mol. The second-order valence-corrected chi connectivity index (χ2v) is 7.97. The minimum absolute atomic E-state index is 0.182. The molecule has 5 rings (SSSR count). The summed E-state index contributed by atoms with van der Waals surface area (Å²) in [5.41, 5.74) is 8.92. The van der Waals surface area contributed by atoms with Crippen LogP contribution in [0, 0.1) is 0 Å². The highest BCUT2D eigenvalue weighted by Gasteiger charge is 2.15. The molecule has 0 fully saturated rings. The van der Waals surface area contributed by atoms with E-state index in [4.69, 9.17) is 22.3 Å². The molecule has 0 aliphatic rings. The van der Waals surface area contributed by atoms with Crippen LogP contribution in [0.25, 0.3) is 26.1 Å². The largest absolute Gasteiger partial charge is 0.393 e. The third-order valence-corrected chi connectivity index (χ3v) is 6.12. The van der Waals surface area contributed by atoms with Gasteiger partial charge in [0.05, 0.1) is 15.6 Å². The van der Waals surface area contributed by atoms with E-state index in [0.717, 1.165) is 20.6 Å². The van der Waals surface area contributed by atoms with Crippen LogP contribution in [0.4, 0.5) is 11.5 Å². The molecular formula is C21H15ClN4OS. The minimum Gasteiger partial charge on any atom is -0.393 e. The van der Waals surface area contributed by atoms with Gasteiger partial charge in [0.25, 0.3) is 0 Å². The lowest BCUT2D eigenvalue weighted by Gasteiger charge is -2.09. The van der Waals surface area contributed by atoms with Crippen molar-refractivity contribution in [3.05, 3.63) is 81.5 Å². The van der Waals surface area contributed by atoms with Gasteiger partial charge in [-0.3, -0.25) is 9.20 Å². The molecule has 0 bridgehead atoms. The SMILES string of the molecule is Nc1c(=O)c2ccc(NCc3ccc(Cl)cc3)nc2n2c1sc1ccccc12. The monoisotopic (exact) mass is 406 g/mol. The van der Waals surface area contributed by atoms with Crippen LogP contribution in [0.5, 0.6) is 0 Å². The lowest BCUT2D eigenvalue weighted by Crippen LogP contribution is -2.13. The lowest BCUT2D eigenvalue weighted by atomic mass is 10.2. The van der Waals surface area contributed by atoms with Gasteiger partial charge in [-0.05, 0) is 42.0 Å². The maximum atomic E-state index is 12.7. The minimum atomic E-state index is -0.182. The molecule has 0 atom stereocenters. The number of hydrogen-bond acceptors (Lipinski definition) is 5. The van der Waals surface area contributed by atoms with Gasteiger partial charge >= 0.3 is 0 Å². The third-order valence-electron chi connectivity index (χ3n) is 4.71. The molecule has 0 radical (unpaired) electrons. The van der Waals surface area contributed by atoms with Crippen molar-refractivity contribution < 1.29 is 0 Å². The molecule has 2 aromatic carbocycles. The Morgan fingerprint density at radius 1 is 1.07 bits per heavy atom. The molecule has 0 saturated heterocycles. The molecule has 5 aromatic rings. The fourth-order valence-electron chi connectivity index (χ4n) is 3.30. The van der Waals surface area contributed by atoms with Crippen molar-refractivity contribution in [1.82, 2.24) is 9.38 Å². The zero-order valence-corrected chi connectivity index (χ0v) is 16.2. The van der Waals surface area contributed by atoms with Gasteiger partial charge in [0.2, 0.25) is 5.43 Å². The molecule has 3 heterocycles. The second-order valence-electron chi connectivity index (χ2n) is 6.50. The van der Waals surface area contributed by atoms with Gasteiger partial charge < -0.3 is 11.1 Å². The van der Waals surface area contributed by atoms with Crippen LogP contribution < -0.4 is 16.5 Å². The first-order valence-corrected chi connectivity index (χ1v) is 9.92. The number of aromatic nitrogens is 2. The molecule has 28 heavy (non-hydrogen) atoms. The Morgan fingerprint density at radius 2 is 1.86 bits per heavy atom. The Morgan fingerprint density at radius 3 is 2.68 bits per heavy atom. The van der Waals surface area contributed by atoms with Crippen LogP contribution in [0.3, 0.4) is 0 Å². The summed E-state index contributed by atoms with van der Waals surface area (Å²) < 4.78 is 3.03. The van der Waals surface area contributed by atoms with Crippen LogP contribution in [-0.2, 0) is 6.54 Å². The molecule has 3 N–H and O–H groups in total. The second kappa shape index (κ2) is 6.51. The van der Waals surface area contributed by atoms with Crippen molar-refractivity contribution >= 4 is 60.5 Å². The summed E-state index contributed by atoms with van der Waals surface area (Å²) in [7, 11) is 0. The van der Waals surface area contributed by atoms with Crippen molar-refractivity contribution in [2.24, 2.45) is 0 Å². The van der Waals surface area contributed by atoms with Crippen molar-refractivity contribution in [1.29, 1.82) is 0 Å². The van der Waals surface area contributed by atoms with Crippen molar-refractivity contribution in [3.63, 3.8) is 0 Å². The summed E-state index contributed by atoms with van der Waals surface area (Å²) in [6, 6.07) is 19.2. The highest BCUT2D eigenvalue weighted by atomic mass is 35.5. The Balaban J connectivity index is 1.67. The summed E-state index contributed by atoms with van der Waals surface area (Å²) >= 11 is 7.44. The first-order valence-electron chi connectivity index (χ1n) is 8.72. The Bertz CT molecular complexity index is 1410. The summed E-state index contributed by atoms with van der Waals surface area (Å²) in [6.07, 6.45) is 0. The number of hydrogen-bond donors (Lipinski definition) is 2. The molecule has 138 valence electrons. The molecule has 0 unspecified atom stereocenters. The highest BCUT2D eigenvalue weighted by molar-refractivity contribution is 7.24. The number of pyridine rings is 2. The molecule has 3 aromatic heterocycles. The Hall–Kier alpha value is -3.09. The normalized spacial score (nSPS) is 11.5. The number of halogens is 1. The fourth-order valence-corrected chi connectivity index (χ4v) is 4.53. The number of nitrogens with two attached hydrogens (primary N) is 1. The molecule has 7 heteroatoms. The van der Waals surface area contributed by atoms with Crippen LogP contribution in [-0.4, -0.2) is 9.38 Å². The van der Waals surface area contributed by atoms with E-state index in [9.17, 15) is 4.79 Å². The van der Waals surface area contributed by atoms with E-state index in [0.29, 0.717) is 28.4 Å². The number of nitrogens with zero attached hydrogens (tertiary/aromatic N) is 2. The number of para-hydroxylation sites is 1. The van der Waals surface area contributed by atoms with E-state index in [-0.39, 0.29) is 11.1 Å². The standard InChI is InChI=1S/C21H15ClN4OS/c22-13-7-5-12(6-8-13)11-24-17-10-9-14-19(27)18(23)21-26(20(14)25-17)15-3-1-2-4-16(15)28-21/h1-10H,11,23H2,(H,24,25). The van der Waals surface area contributed by atoms with Gasteiger partial charge in [0.15, 0.2) is 5.65 Å². The molecule has 5 nitrogen and oxygen atoms in total. The topological polar surface area (TPSA) is 72.4 Å². The predicted molar refractivity (Wildman–Crippen MR) is 118 cm³/mol. The van der Waals surface area contributed by atoms with E-state index in [1.807, 2.05) is 52.9 Å². The molecule has 0 amide bonds. The summed E-state index contributed by atoms with van der Waals surface area (Å²) in [6.45, 7) is 0.604. The first-order chi connectivity index (χ1) is 13.6. The van der Waals surface area contributed by atoms with Gasteiger partial charge in [0.1, 0.15) is 16.3 Å². The number of fused-ring (bicyclic) bond motifs is 5. The van der Waals surface area contributed by atoms with Crippen molar-refractivity contribution in [2.45, 2.75) is 6.54 Å². The third kappa shape index (κ3) is 2.69. The predicted octanol–water partition coefficient (Wildman–Crippen LogP) is 4.91. The smallest absolute Gasteiger partial charge is 0.215 e. The van der Waals surface area contributed by atoms with Gasteiger partial charge in [-0.15, -0.1) is 11.3 Å². The van der Waals surface area contributed by atoms with E-state index < -0.39 is 0 Å². The van der Waals surface area contributed by atoms with Crippen LogP contribution in [0.15, 0.2) is 65.5 Å². The molecule has 0 spiro atoms. The number of thiazole rings is 1. The highest BCUT2D eigenvalue weighted by Crippen LogP contribution is 2.31. The fraction of sp³-hybridized carbons (Fsp3) is 0.0476. The summed E-state index contributed by atoms with van der Waals surface area (Å²) in [5, 5.41) is 4.53. The zero-order valence-electron chi connectivity index (χ0n) is 14.6. The average Bonchev–Trinajstić information content (AvgIpc) is 3.11. The van der Waals surface area contributed by atoms with Gasteiger partial charge in [-0.1, -0.05) is 35.9 Å². The molecule has 0 aliphatic carbocycles. The number of anilines is 2. The van der Waals surface area contributed by atoms with Crippen LogP contribution in [0.2, 0.25) is 5.02 Å². The number of benzene rings is 2. The van der Waals surface area contributed by atoms with E-state index in [2.05, 4.69) is 5.32 Å². The van der Waals surface area contributed by atoms with E-state index in [1.54, 1.807) is 12.1 Å². The van der Waals surface area contributed by atoms with Gasteiger partial charge in [-0.25, -0.2) is 4.98 Å². The number of nitrogen functional groups attached to an aromatic ring is 1. The Kier molecular flexibility index (Phi) is 3.96. The average molecular weight is 407 g/mol. The quantitative estimate of drug-likeness (QED) is 0.446. The van der Waals surface area contributed by atoms with Gasteiger partial charge in [-0.2, -0.15) is 0 Å². The van der Waals surface area contributed by atoms with Crippen LogP contribution in [0.1, 0.15) is 5.56 Å². The maximum Gasteiger partial charge on any atom is 0.215 e. The first kappa shape index (κ1) is 17.0. The van der Waals surface area contributed by atoms with Crippen molar-refractivity contribution in [2.75, 3.05) is 11.1 Å². The molecule has 0 saturated carbocycles. The van der Waals surface area contributed by atoms with Gasteiger partial charge in [0, 0.05) is 11.6 Å². The number of rotatable bonds is 3. The summed E-state index contributed by atoms with van der Waals surface area (Å²) in [4.78, 5) is 18.2. The lowest BCUT2D eigenvalue weighted by molar-refractivity contribution is 1.11. The van der Waals surface area contributed by atoms with E-state index >= 15 is 0 Å². The Labute approximate surface area is 169 Å². The number of nitrogens with one attached hydrogen (secondary N) is 1. The zero-order chi connectivity index (χ0) is 19.3.